The second-order valence-electron chi connectivity index (χ2n) is 31.9. The zero-order valence-corrected chi connectivity index (χ0v) is 64.2. The molecule has 3 saturated heterocycles. The molecule has 9 aliphatic rings. The van der Waals surface area contributed by atoms with E-state index in [1.807, 2.05) is 65.3 Å². The number of benzene rings is 6. The van der Waals surface area contributed by atoms with E-state index in [1.54, 1.807) is 52.0 Å². The van der Waals surface area contributed by atoms with Crippen LogP contribution in [0.5, 0.6) is 17.2 Å². The van der Waals surface area contributed by atoms with Crippen molar-refractivity contribution >= 4 is 64.2 Å². The molecule has 3 atom stereocenters. The number of amides is 5. The number of likely N-dealkylation sites (N-methyl/N-ethyl adjacent to an activating group) is 1. The summed E-state index contributed by atoms with van der Waals surface area (Å²) >= 11 is 0. The molecule has 2 unspecified atom stereocenters. The van der Waals surface area contributed by atoms with Crippen molar-refractivity contribution in [3.63, 3.8) is 0 Å². The van der Waals surface area contributed by atoms with Crippen LogP contribution >= 0.6 is 0 Å². The van der Waals surface area contributed by atoms with Gasteiger partial charge in [0.05, 0.1) is 64.1 Å². The number of hydrogen-bond acceptors (Lipinski definition) is 17. The summed E-state index contributed by atoms with van der Waals surface area (Å²) < 4.78 is 18.4. The van der Waals surface area contributed by atoms with Crippen LogP contribution in [0.3, 0.4) is 0 Å². The summed E-state index contributed by atoms with van der Waals surface area (Å²) in [6, 6.07) is 40.2. The number of rotatable bonds is 22. The van der Waals surface area contributed by atoms with E-state index in [4.69, 9.17) is 14.2 Å². The second-order valence-corrected chi connectivity index (χ2v) is 31.9. The van der Waals surface area contributed by atoms with Crippen LogP contribution in [-0.2, 0) is 97.4 Å². The first-order chi connectivity index (χ1) is 53.0. The Kier molecular flexibility index (Phi) is 24.5. The summed E-state index contributed by atoms with van der Waals surface area (Å²) in [5.41, 5.74) is 10.3. The third kappa shape index (κ3) is 18.2. The number of likely N-dealkylation sites (tertiary alicyclic amines) is 1. The van der Waals surface area contributed by atoms with E-state index in [1.165, 1.54) is 18.4 Å². The minimum absolute atomic E-state index is 0.0449. The van der Waals surface area contributed by atoms with Gasteiger partial charge in [0, 0.05) is 112 Å². The quantitative estimate of drug-likeness (QED) is 0.0574. The highest BCUT2D eigenvalue weighted by Crippen LogP contribution is 2.41. The summed E-state index contributed by atoms with van der Waals surface area (Å²) in [6.45, 7) is 23.3. The molecule has 0 radical (unpaired) electrons. The molecule has 6 aromatic rings. The number of carbonyl (C=O) groups is 11. The summed E-state index contributed by atoms with van der Waals surface area (Å²) in [7, 11) is 0. The van der Waals surface area contributed by atoms with Gasteiger partial charge in [-0.15, -0.1) is 0 Å². The number of hydrogen-bond donors (Lipinski definition) is 0. The van der Waals surface area contributed by atoms with Gasteiger partial charge in [-0.3, -0.25) is 67.4 Å². The SMILES string of the molecule is CC1(C)CCN(Cc2ccc(COc3cccc4c3CN([C@@]3(C)CCC(=O)CC3=O)C4=O)cc2)CC1.CCCCN1CCN(Cc2ccc(COc3cccc4c3CN(C3CCC(=O)CC3=O)C4=O)cc2)CC1=O.CCN1CCN(Cc2ccc(COc3cccc4c3CN(C3CCC(=O)CC3=O)C4=O)cc2)CC1=O. The van der Waals surface area contributed by atoms with Gasteiger partial charge in [0.2, 0.25) is 11.8 Å². The minimum Gasteiger partial charge on any atom is -0.489 e. The number of ether oxygens (including phenoxy) is 3. The lowest BCUT2D eigenvalue weighted by atomic mass is 9.80. The Morgan fingerprint density at radius 2 is 0.800 bits per heavy atom. The Balaban J connectivity index is 0.000000145. The molecule has 5 amide bonds. The van der Waals surface area contributed by atoms with Gasteiger partial charge in [-0.1, -0.05) is 118 Å². The van der Waals surface area contributed by atoms with E-state index in [9.17, 15) is 52.7 Å². The normalized spacial score (nSPS) is 21.7. The van der Waals surface area contributed by atoms with Gasteiger partial charge in [0.25, 0.3) is 17.7 Å². The molecule has 578 valence electrons. The summed E-state index contributed by atoms with van der Waals surface area (Å²) in [6.07, 6.45) is 6.52. The molecule has 0 spiro atoms. The fraction of sp³-hybridized carbons (Fsp3) is 0.466. The Morgan fingerprint density at radius 3 is 1.21 bits per heavy atom. The van der Waals surface area contributed by atoms with Crippen LogP contribution in [0.1, 0.15) is 199 Å². The zero-order chi connectivity index (χ0) is 77.4. The van der Waals surface area contributed by atoms with Crippen LogP contribution in [0.25, 0.3) is 0 Å². The molecule has 6 aliphatic heterocycles. The highest BCUT2D eigenvalue weighted by Gasteiger charge is 2.49. The van der Waals surface area contributed by atoms with Crippen LogP contribution in [0, 0.1) is 5.41 Å². The lowest BCUT2D eigenvalue weighted by Crippen LogP contribution is -2.55. The largest absolute Gasteiger partial charge is 0.489 e. The molecule has 6 heterocycles. The molecule has 3 saturated carbocycles. The highest BCUT2D eigenvalue weighted by molar-refractivity contribution is 6.11. The van der Waals surface area contributed by atoms with Crippen molar-refractivity contribution in [2.45, 2.75) is 195 Å². The number of nitrogens with zero attached hydrogens (tertiary/aromatic N) is 8. The minimum atomic E-state index is -0.943. The first kappa shape index (κ1) is 78.1. The topological polar surface area (TPSA) is 241 Å². The Bertz CT molecular complexity index is 4490. The smallest absolute Gasteiger partial charge is 0.255 e. The predicted molar refractivity (Wildman–Crippen MR) is 411 cm³/mol. The van der Waals surface area contributed by atoms with E-state index in [-0.39, 0.29) is 83.5 Å². The molecule has 22 nitrogen and oxygen atoms in total. The van der Waals surface area contributed by atoms with Gasteiger partial charge in [-0.25, -0.2) is 0 Å². The number of Topliss-reactive ketones (excluding diaryl/α,β-unsaturated/α-hetero) is 6. The molecule has 6 fully saturated rings. The molecule has 110 heavy (non-hydrogen) atoms. The molecular formula is C88H102N8O14. The van der Waals surface area contributed by atoms with Crippen LogP contribution in [0.2, 0.25) is 0 Å². The fourth-order valence-electron chi connectivity index (χ4n) is 16.4. The number of piperazine rings is 2. The molecule has 0 N–H and O–H groups in total. The molecule has 3 aliphatic carbocycles. The number of fused-ring (bicyclic) bond motifs is 3. The van der Waals surface area contributed by atoms with E-state index >= 15 is 0 Å². The number of carbonyl (C=O) groups excluding carboxylic acids is 11. The molecule has 6 aromatic carbocycles. The van der Waals surface area contributed by atoms with Crippen molar-refractivity contribution in [3.8, 4) is 17.2 Å². The van der Waals surface area contributed by atoms with E-state index < -0.39 is 17.6 Å². The van der Waals surface area contributed by atoms with Gasteiger partial charge in [0.1, 0.15) is 60.0 Å². The maximum absolute atomic E-state index is 13.2. The number of piperidine rings is 1. The second kappa shape index (κ2) is 34.5. The lowest BCUT2D eigenvalue weighted by molar-refractivity contribution is -0.139. The lowest BCUT2D eigenvalue weighted by Gasteiger charge is -2.39. The Labute approximate surface area is 644 Å². The predicted octanol–water partition coefficient (Wildman–Crippen LogP) is 10.9. The van der Waals surface area contributed by atoms with Crippen molar-refractivity contribution in [1.29, 1.82) is 0 Å². The Morgan fingerprint density at radius 1 is 0.400 bits per heavy atom. The number of ketones is 6. The van der Waals surface area contributed by atoms with Crippen LogP contribution in [0.4, 0.5) is 0 Å². The fourth-order valence-corrected chi connectivity index (χ4v) is 16.4. The first-order valence-electron chi connectivity index (χ1n) is 39.3. The van der Waals surface area contributed by atoms with Crippen molar-refractivity contribution in [1.82, 2.24) is 39.2 Å². The summed E-state index contributed by atoms with van der Waals surface area (Å²) in [5.74, 6) is 1.17. The molecular weight excluding hydrogens is 1390 g/mol. The molecule has 22 heteroatoms. The standard InChI is InChI=1S/C30H35N3O5.C30H36N2O4.C28H31N3O5/c1-2-3-13-32-15-14-31(19-29(32)36)17-21-7-9-22(10-8-21)20-38-28-6-4-5-24-25(28)18-33(30(24)37)26-12-11-23(34)16-27(26)35;1-29(2)13-15-31(16-14-29)18-21-7-9-22(10-8-21)20-36-26-6-4-5-24-25(26)19-32(28(24)35)30(3)12-11-23(33)17-27(30)34;1-2-30-13-12-29(17-27(30)34)15-19-6-8-20(9-7-19)18-36-26-5-3-4-22-23(26)16-31(28(22)35)24-11-10-21(32)14-25(24)33/h4-10,26H,2-3,11-20H2,1H3;4-10H,11-20H2,1-3H3;3-9,24H,2,10-18H2,1H3/t;30-;/m.0./s1. The van der Waals surface area contributed by atoms with Crippen molar-refractivity contribution < 1.29 is 67.0 Å². The molecule has 0 aromatic heterocycles. The van der Waals surface area contributed by atoms with Gasteiger partial charge >= 0.3 is 0 Å². The monoisotopic (exact) mass is 1490 g/mol. The van der Waals surface area contributed by atoms with E-state index in [0.717, 1.165) is 129 Å². The van der Waals surface area contributed by atoms with Crippen molar-refractivity contribution in [3.05, 3.63) is 194 Å². The third-order valence-electron chi connectivity index (χ3n) is 23.5. The van der Waals surface area contributed by atoms with Crippen molar-refractivity contribution in [2.24, 2.45) is 5.41 Å². The van der Waals surface area contributed by atoms with Gasteiger partial charge in [-0.2, -0.15) is 0 Å². The van der Waals surface area contributed by atoms with Crippen molar-refractivity contribution in [2.75, 3.05) is 65.4 Å². The van der Waals surface area contributed by atoms with Crippen LogP contribution in [-0.4, -0.2) is 187 Å². The van der Waals surface area contributed by atoms with Crippen LogP contribution < -0.4 is 14.2 Å². The average molecular weight is 1500 g/mol. The summed E-state index contributed by atoms with van der Waals surface area (Å²) in [4.78, 5) is 152. The third-order valence-corrected chi connectivity index (χ3v) is 23.5. The maximum atomic E-state index is 13.2. The van der Waals surface area contributed by atoms with Gasteiger partial charge in [-0.05, 0) is 141 Å². The number of unbranched alkanes of at least 4 members (excludes halogenated alkanes) is 1. The van der Waals surface area contributed by atoms with Gasteiger partial charge < -0.3 is 38.7 Å². The van der Waals surface area contributed by atoms with Gasteiger partial charge in [0.15, 0.2) is 17.3 Å². The first-order valence-corrected chi connectivity index (χ1v) is 39.3. The molecule has 15 rings (SSSR count). The van der Waals surface area contributed by atoms with Crippen LogP contribution in [0.15, 0.2) is 127 Å². The molecule has 0 bridgehead atoms. The highest BCUT2D eigenvalue weighted by atomic mass is 16.5. The zero-order valence-electron chi connectivity index (χ0n) is 64.2. The van der Waals surface area contributed by atoms with E-state index in [0.29, 0.717) is 130 Å². The maximum Gasteiger partial charge on any atom is 0.255 e. The summed E-state index contributed by atoms with van der Waals surface area (Å²) in [5, 5.41) is 0. The Hall–Kier alpha value is -10.0. The average Bonchev–Trinajstić information content (AvgIpc) is 1.66. The van der Waals surface area contributed by atoms with E-state index in [2.05, 4.69) is 84.0 Å².